The third kappa shape index (κ3) is 4.31. The number of piperazine rings is 1. The summed E-state index contributed by atoms with van der Waals surface area (Å²) in [6.07, 6.45) is -7.08. The lowest BCUT2D eigenvalue weighted by atomic mass is 9.71. The molecular formula is C29H27F7N6O3. The van der Waals surface area contributed by atoms with Crippen LogP contribution in [0.15, 0.2) is 6.07 Å². The van der Waals surface area contributed by atoms with Crippen molar-refractivity contribution in [3.8, 4) is 23.1 Å². The van der Waals surface area contributed by atoms with E-state index < -0.39 is 81.9 Å². The first-order valence-corrected chi connectivity index (χ1v) is 14.6. The van der Waals surface area contributed by atoms with Crippen LogP contribution in [0.1, 0.15) is 36.8 Å². The van der Waals surface area contributed by atoms with E-state index in [0.29, 0.717) is 25.5 Å². The molecule has 4 bridgehead atoms. The van der Waals surface area contributed by atoms with Crippen LogP contribution in [-0.2, 0) is 10.9 Å². The van der Waals surface area contributed by atoms with Gasteiger partial charge in [-0.2, -0.15) is 23.1 Å². The van der Waals surface area contributed by atoms with Gasteiger partial charge in [-0.15, -0.1) is 0 Å². The Morgan fingerprint density at radius 2 is 1.93 bits per heavy atom. The number of hydrogen-bond donors (Lipinski definition) is 2. The summed E-state index contributed by atoms with van der Waals surface area (Å²) in [7, 11) is 0. The largest absolute Gasteiger partial charge is 0.465 e. The van der Waals surface area contributed by atoms with E-state index in [1.807, 2.05) is 0 Å². The molecule has 16 heteroatoms. The highest BCUT2D eigenvalue weighted by molar-refractivity contribution is 5.97. The van der Waals surface area contributed by atoms with E-state index in [2.05, 4.69) is 20.3 Å². The molecule has 9 nitrogen and oxygen atoms in total. The van der Waals surface area contributed by atoms with Gasteiger partial charge in [0, 0.05) is 29.6 Å². The number of nitrogens with zero attached hydrogens (tertiary/aromatic N) is 4. The van der Waals surface area contributed by atoms with Crippen LogP contribution >= 0.6 is 0 Å². The van der Waals surface area contributed by atoms with Crippen molar-refractivity contribution < 1.29 is 44.9 Å². The number of alkyl halides is 5. The first-order chi connectivity index (χ1) is 21.3. The van der Waals surface area contributed by atoms with E-state index in [1.165, 1.54) is 0 Å². The summed E-state index contributed by atoms with van der Waals surface area (Å²) in [5.74, 6) is -3.19. The molecule has 0 amide bonds. The van der Waals surface area contributed by atoms with Crippen LogP contribution in [0.25, 0.3) is 22.2 Å². The topological polar surface area (TPSA) is 108 Å². The van der Waals surface area contributed by atoms with Gasteiger partial charge in [0.1, 0.15) is 28.2 Å². The molecule has 1 aromatic carbocycles. The average Bonchev–Trinajstić information content (AvgIpc) is 3.66. The molecule has 5 aliphatic heterocycles. The van der Waals surface area contributed by atoms with Crippen molar-refractivity contribution >= 4 is 22.4 Å². The number of nitrogens with two attached hydrogens (primary N) is 1. The minimum atomic E-state index is -5.16. The molecule has 5 fully saturated rings. The second kappa shape index (κ2) is 9.67. The molecule has 2 aromatic heterocycles. The number of halogens is 7. The molecule has 0 spiro atoms. The van der Waals surface area contributed by atoms with Crippen molar-refractivity contribution in [2.24, 2.45) is 5.41 Å². The lowest BCUT2D eigenvalue weighted by molar-refractivity contribution is -0.137. The fraction of sp³-hybridized carbons (Fsp3) is 0.552. The SMILES string of the molecule is Cc1c(F)c(N)cc(-c2nc3c4c(nc(OCC56COC(C5)C6)nc4c2F)N2C[C@H]4CC[C@H](N4)[C@H]2C(C(F)F)O3)c1C(F)(F)F. The molecule has 1 aliphatic carbocycles. The predicted octanol–water partition coefficient (Wildman–Crippen LogP) is 4.77. The van der Waals surface area contributed by atoms with Crippen molar-refractivity contribution in [3.63, 3.8) is 0 Å². The van der Waals surface area contributed by atoms with Crippen molar-refractivity contribution in [3.05, 3.63) is 28.8 Å². The van der Waals surface area contributed by atoms with E-state index in [1.54, 1.807) is 4.90 Å². The molecule has 4 saturated heterocycles. The Bertz CT molecular complexity index is 1730. The minimum absolute atomic E-state index is 0.0343. The van der Waals surface area contributed by atoms with E-state index in [9.17, 15) is 26.3 Å². The Kier molecular flexibility index (Phi) is 6.19. The van der Waals surface area contributed by atoms with E-state index in [4.69, 9.17) is 19.9 Å². The van der Waals surface area contributed by atoms with Crippen LogP contribution in [0.3, 0.4) is 0 Å². The number of nitrogens with one attached hydrogen (secondary N) is 1. The zero-order chi connectivity index (χ0) is 31.6. The molecule has 4 atom stereocenters. The maximum atomic E-state index is 16.6. The van der Waals surface area contributed by atoms with Gasteiger partial charge in [0.25, 0.3) is 6.43 Å². The van der Waals surface area contributed by atoms with E-state index >= 15 is 4.39 Å². The number of rotatable bonds is 5. The number of ether oxygens (including phenoxy) is 3. The first-order valence-electron chi connectivity index (χ1n) is 14.6. The monoisotopic (exact) mass is 640 g/mol. The summed E-state index contributed by atoms with van der Waals surface area (Å²) >= 11 is 0. The molecule has 1 saturated carbocycles. The third-order valence-corrected chi connectivity index (χ3v) is 9.80. The highest BCUT2D eigenvalue weighted by atomic mass is 19.4. The quantitative estimate of drug-likeness (QED) is 0.301. The fourth-order valence-electron chi connectivity index (χ4n) is 7.70. The lowest BCUT2D eigenvalue weighted by Gasteiger charge is -2.43. The van der Waals surface area contributed by atoms with Gasteiger partial charge in [-0.1, -0.05) is 0 Å². The molecule has 1 unspecified atom stereocenters. The molecular weight excluding hydrogens is 613 g/mol. The summed E-state index contributed by atoms with van der Waals surface area (Å²) in [5.41, 5.74) is -0.0163. The van der Waals surface area contributed by atoms with E-state index in [-0.39, 0.29) is 47.9 Å². The smallest absolute Gasteiger partial charge is 0.417 e. The van der Waals surface area contributed by atoms with Gasteiger partial charge >= 0.3 is 12.2 Å². The summed E-state index contributed by atoms with van der Waals surface area (Å²) in [4.78, 5) is 14.5. The second-order valence-electron chi connectivity index (χ2n) is 12.7. The van der Waals surface area contributed by atoms with Gasteiger partial charge in [-0.25, -0.2) is 22.5 Å². The van der Waals surface area contributed by atoms with Crippen LogP contribution in [0.4, 0.5) is 42.2 Å². The van der Waals surface area contributed by atoms with Crippen LogP contribution < -0.4 is 25.4 Å². The van der Waals surface area contributed by atoms with Gasteiger partial charge in [-0.3, -0.25) is 0 Å². The van der Waals surface area contributed by atoms with Crippen LogP contribution in [0.5, 0.6) is 11.9 Å². The maximum Gasteiger partial charge on any atom is 0.417 e. The van der Waals surface area contributed by atoms with Crippen molar-refractivity contribution in [2.45, 2.75) is 75.5 Å². The zero-order valence-electron chi connectivity index (χ0n) is 23.7. The van der Waals surface area contributed by atoms with Gasteiger partial charge < -0.3 is 30.2 Å². The standard InChI is InChI=1S/C29H27F7N6O3/c1-10-17(29(34,35)36)13(4-14(37)18(10)30)20-19(31)21-16-25(41-27(40-21)44-9-28-5-12(6-28)43-8-28)42-7-11-2-3-15(38-11)22(42)23(24(32)33)45-26(16)39-20/h4,11-12,15,22-24,38H,2-3,5-9,37H2,1H3/t11-,12?,15+,22+,23?,28?/m1/s1. The number of benzene rings is 1. The minimum Gasteiger partial charge on any atom is -0.465 e. The molecule has 9 rings (SSSR count). The van der Waals surface area contributed by atoms with Crippen LogP contribution in [-0.4, -0.2) is 71.5 Å². The van der Waals surface area contributed by atoms with Crippen molar-refractivity contribution in [1.29, 1.82) is 0 Å². The Labute approximate surface area is 251 Å². The Morgan fingerprint density at radius 3 is 2.62 bits per heavy atom. The fourth-order valence-corrected chi connectivity index (χ4v) is 7.70. The zero-order valence-corrected chi connectivity index (χ0v) is 23.7. The number of aromatic nitrogens is 3. The number of hydrogen-bond acceptors (Lipinski definition) is 9. The van der Waals surface area contributed by atoms with Gasteiger partial charge in [0.05, 0.1) is 36.6 Å². The second-order valence-corrected chi connectivity index (χ2v) is 12.7. The average molecular weight is 641 g/mol. The Hall–Kier alpha value is -3.66. The molecule has 0 radical (unpaired) electrons. The van der Waals surface area contributed by atoms with Gasteiger partial charge in [0.15, 0.2) is 11.9 Å². The highest BCUT2D eigenvalue weighted by Crippen LogP contribution is 2.51. The lowest BCUT2D eigenvalue weighted by Crippen LogP contribution is -2.64. The predicted molar refractivity (Wildman–Crippen MR) is 145 cm³/mol. The number of fused-ring (bicyclic) bond motifs is 6. The van der Waals surface area contributed by atoms with Crippen LogP contribution in [0, 0.1) is 24.0 Å². The number of pyridine rings is 1. The molecule has 3 N–H and O–H groups in total. The van der Waals surface area contributed by atoms with Crippen molar-refractivity contribution in [2.75, 3.05) is 30.4 Å². The normalized spacial score (nSPS) is 29.9. The van der Waals surface area contributed by atoms with Gasteiger partial charge in [-0.05, 0) is 44.2 Å². The van der Waals surface area contributed by atoms with Crippen LogP contribution in [0.2, 0.25) is 0 Å². The third-order valence-electron chi connectivity index (χ3n) is 9.80. The van der Waals surface area contributed by atoms with Crippen molar-refractivity contribution in [1.82, 2.24) is 20.3 Å². The molecule has 6 aliphatic rings. The Balaban J connectivity index is 1.37. The molecule has 45 heavy (non-hydrogen) atoms. The number of nitrogen functional groups attached to an aromatic ring is 1. The maximum absolute atomic E-state index is 16.6. The van der Waals surface area contributed by atoms with E-state index in [0.717, 1.165) is 19.8 Å². The van der Waals surface area contributed by atoms with Gasteiger partial charge in [0.2, 0.25) is 5.88 Å². The highest BCUT2D eigenvalue weighted by Gasteiger charge is 2.53. The summed E-state index contributed by atoms with van der Waals surface area (Å²) < 4.78 is 121. The molecule has 3 aromatic rings. The molecule has 240 valence electrons. The summed E-state index contributed by atoms with van der Waals surface area (Å²) in [6, 6.07) is -1.14. The summed E-state index contributed by atoms with van der Waals surface area (Å²) in [6.45, 7) is 1.69. The number of anilines is 2. The molecule has 7 heterocycles. The summed E-state index contributed by atoms with van der Waals surface area (Å²) in [5, 5.41) is 3.15. The first kappa shape index (κ1) is 28.8. The Morgan fingerprint density at radius 1 is 1.16 bits per heavy atom.